The van der Waals surface area contributed by atoms with Crippen molar-refractivity contribution < 1.29 is 9.53 Å². The topological polar surface area (TPSA) is 29.5 Å². The first-order valence-electron chi connectivity index (χ1n) is 6.96. The normalized spacial score (nSPS) is 14.7. The van der Waals surface area contributed by atoms with Gasteiger partial charge in [-0.15, -0.1) is 0 Å². The molecule has 1 heterocycles. The molecule has 0 saturated heterocycles. The number of carbonyl (C=O) groups is 1. The molecule has 0 saturated carbocycles. The molecule has 1 atom stereocenters. The summed E-state index contributed by atoms with van der Waals surface area (Å²) in [6, 6.07) is 15.1. The van der Waals surface area contributed by atoms with Gasteiger partial charge in [0.15, 0.2) is 6.10 Å². The molecule has 0 fully saturated rings. The van der Waals surface area contributed by atoms with E-state index in [-0.39, 0.29) is 5.91 Å². The SMILES string of the molecule is C[C@H](Oc1cccc(Cl)c1)C(=O)N1CCc2ccccc21. The monoisotopic (exact) mass is 301 g/mol. The van der Waals surface area contributed by atoms with E-state index in [1.54, 1.807) is 36.1 Å². The van der Waals surface area contributed by atoms with Crippen molar-refractivity contribution >= 4 is 23.2 Å². The maximum atomic E-state index is 12.6. The van der Waals surface area contributed by atoms with E-state index >= 15 is 0 Å². The van der Waals surface area contributed by atoms with Crippen LogP contribution in [0.3, 0.4) is 0 Å². The van der Waals surface area contributed by atoms with E-state index in [0.717, 1.165) is 12.1 Å². The highest BCUT2D eigenvalue weighted by atomic mass is 35.5. The Balaban J connectivity index is 1.74. The Bertz CT molecular complexity index is 671. The van der Waals surface area contributed by atoms with Crippen LogP contribution in [0.5, 0.6) is 5.75 Å². The quantitative estimate of drug-likeness (QED) is 0.865. The van der Waals surface area contributed by atoms with Crippen molar-refractivity contribution in [2.45, 2.75) is 19.4 Å². The van der Waals surface area contributed by atoms with Crippen LogP contribution in [0.25, 0.3) is 0 Å². The third-order valence-corrected chi connectivity index (χ3v) is 3.84. The fourth-order valence-corrected chi connectivity index (χ4v) is 2.76. The first kappa shape index (κ1) is 14.0. The number of hydrogen-bond acceptors (Lipinski definition) is 2. The van der Waals surface area contributed by atoms with Gasteiger partial charge in [0, 0.05) is 17.3 Å². The molecule has 0 bridgehead atoms. The van der Waals surface area contributed by atoms with Crippen LogP contribution in [0, 0.1) is 0 Å². The molecule has 0 radical (unpaired) electrons. The number of anilines is 1. The first-order valence-corrected chi connectivity index (χ1v) is 7.34. The highest BCUT2D eigenvalue weighted by Gasteiger charge is 2.28. The number of benzene rings is 2. The summed E-state index contributed by atoms with van der Waals surface area (Å²) in [5.74, 6) is 0.579. The van der Waals surface area contributed by atoms with Crippen molar-refractivity contribution in [1.29, 1.82) is 0 Å². The Labute approximate surface area is 129 Å². The van der Waals surface area contributed by atoms with Crippen LogP contribution in [-0.4, -0.2) is 18.6 Å². The van der Waals surface area contributed by atoms with Gasteiger partial charge in [-0.05, 0) is 43.2 Å². The van der Waals surface area contributed by atoms with Crippen LogP contribution in [0.1, 0.15) is 12.5 Å². The van der Waals surface area contributed by atoms with Gasteiger partial charge in [-0.2, -0.15) is 0 Å². The van der Waals surface area contributed by atoms with Crippen molar-refractivity contribution in [2.24, 2.45) is 0 Å². The molecule has 0 N–H and O–H groups in total. The molecule has 0 aliphatic carbocycles. The fourth-order valence-electron chi connectivity index (χ4n) is 2.58. The zero-order valence-corrected chi connectivity index (χ0v) is 12.5. The lowest BCUT2D eigenvalue weighted by atomic mass is 10.2. The van der Waals surface area contributed by atoms with Gasteiger partial charge in [0.2, 0.25) is 0 Å². The number of carbonyl (C=O) groups excluding carboxylic acids is 1. The lowest BCUT2D eigenvalue weighted by Crippen LogP contribution is -2.39. The minimum Gasteiger partial charge on any atom is -0.481 e. The van der Waals surface area contributed by atoms with E-state index in [4.69, 9.17) is 16.3 Å². The molecular weight excluding hydrogens is 286 g/mol. The van der Waals surface area contributed by atoms with E-state index in [1.165, 1.54) is 5.56 Å². The number of halogens is 1. The summed E-state index contributed by atoms with van der Waals surface area (Å²) in [6.07, 6.45) is 0.348. The van der Waals surface area contributed by atoms with Gasteiger partial charge in [-0.3, -0.25) is 4.79 Å². The summed E-state index contributed by atoms with van der Waals surface area (Å²) in [4.78, 5) is 14.4. The number of hydrogen-bond donors (Lipinski definition) is 0. The summed E-state index contributed by atoms with van der Waals surface area (Å²) in [5, 5.41) is 0.596. The Kier molecular flexibility index (Phi) is 3.84. The summed E-state index contributed by atoms with van der Waals surface area (Å²) in [5.41, 5.74) is 2.20. The molecule has 21 heavy (non-hydrogen) atoms. The molecule has 1 aliphatic heterocycles. The van der Waals surface area contributed by atoms with Crippen molar-refractivity contribution in [1.82, 2.24) is 0 Å². The molecule has 0 aromatic heterocycles. The van der Waals surface area contributed by atoms with E-state index in [2.05, 4.69) is 6.07 Å². The van der Waals surface area contributed by atoms with Crippen LogP contribution in [-0.2, 0) is 11.2 Å². The third-order valence-electron chi connectivity index (χ3n) is 3.61. The smallest absolute Gasteiger partial charge is 0.267 e. The van der Waals surface area contributed by atoms with Crippen LogP contribution in [0.2, 0.25) is 5.02 Å². The number of para-hydroxylation sites is 1. The van der Waals surface area contributed by atoms with E-state index in [0.29, 0.717) is 17.3 Å². The average Bonchev–Trinajstić information content (AvgIpc) is 2.90. The van der Waals surface area contributed by atoms with Gasteiger partial charge < -0.3 is 9.64 Å². The third kappa shape index (κ3) is 2.88. The zero-order valence-electron chi connectivity index (χ0n) is 11.8. The highest BCUT2D eigenvalue weighted by Crippen LogP contribution is 2.28. The molecule has 2 aromatic rings. The minimum absolute atomic E-state index is 0.0278. The predicted octanol–water partition coefficient (Wildman–Crippen LogP) is 3.70. The number of amides is 1. The second kappa shape index (κ2) is 5.78. The molecule has 4 heteroatoms. The average molecular weight is 302 g/mol. The van der Waals surface area contributed by atoms with Gasteiger partial charge in [0.05, 0.1) is 0 Å². The predicted molar refractivity (Wildman–Crippen MR) is 84.0 cm³/mol. The molecule has 2 aromatic carbocycles. The van der Waals surface area contributed by atoms with Crippen LogP contribution >= 0.6 is 11.6 Å². The standard InChI is InChI=1S/C17H16ClNO2/c1-12(21-15-7-4-6-14(18)11-15)17(20)19-10-9-13-5-2-3-8-16(13)19/h2-8,11-12H,9-10H2,1H3/t12-/m0/s1. The first-order chi connectivity index (χ1) is 10.1. The largest absolute Gasteiger partial charge is 0.481 e. The number of fused-ring (bicyclic) bond motifs is 1. The van der Waals surface area contributed by atoms with Crippen molar-refractivity contribution in [3.8, 4) is 5.75 Å². The van der Waals surface area contributed by atoms with Gasteiger partial charge in [0.1, 0.15) is 5.75 Å². The Morgan fingerprint density at radius 2 is 2.05 bits per heavy atom. The van der Waals surface area contributed by atoms with E-state index in [1.807, 2.05) is 18.2 Å². The maximum absolute atomic E-state index is 12.6. The van der Waals surface area contributed by atoms with E-state index < -0.39 is 6.10 Å². The van der Waals surface area contributed by atoms with Crippen LogP contribution in [0.15, 0.2) is 48.5 Å². The maximum Gasteiger partial charge on any atom is 0.267 e. The molecule has 3 rings (SSSR count). The van der Waals surface area contributed by atoms with Crippen molar-refractivity contribution in [3.63, 3.8) is 0 Å². The van der Waals surface area contributed by atoms with Crippen molar-refractivity contribution in [3.05, 3.63) is 59.1 Å². The summed E-state index contributed by atoms with van der Waals surface area (Å²) < 4.78 is 5.71. The lowest BCUT2D eigenvalue weighted by molar-refractivity contribution is -0.124. The summed E-state index contributed by atoms with van der Waals surface area (Å²) >= 11 is 5.93. The Morgan fingerprint density at radius 3 is 2.86 bits per heavy atom. The van der Waals surface area contributed by atoms with E-state index in [9.17, 15) is 4.79 Å². The number of ether oxygens (including phenoxy) is 1. The minimum atomic E-state index is -0.547. The molecule has 3 nitrogen and oxygen atoms in total. The van der Waals surface area contributed by atoms with Crippen LogP contribution in [0.4, 0.5) is 5.69 Å². The van der Waals surface area contributed by atoms with Crippen LogP contribution < -0.4 is 9.64 Å². The fraction of sp³-hybridized carbons (Fsp3) is 0.235. The Hall–Kier alpha value is -2.00. The van der Waals surface area contributed by atoms with Gasteiger partial charge in [0.25, 0.3) is 5.91 Å². The molecule has 0 unspecified atom stereocenters. The number of nitrogens with zero attached hydrogens (tertiary/aromatic N) is 1. The summed E-state index contributed by atoms with van der Waals surface area (Å²) in [7, 11) is 0. The summed E-state index contributed by atoms with van der Waals surface area (Å²) in [6.45, 7) is 2.48. The molecule has 108 valence electrons. The second-order valence-electron chi connectivity index (χ2n) is 5.09. The second-order valence-corrected chi connectivity index (χ2v) is 5.52. The molecule has 1 amide bonds. The molecular formula is C17H16ClNO2. The molecule has 0 spiro atoms. The lowest BCUT2D eigenvalue weighted by Gasteiger charge is -2.22. The van der Waals surface area contributed by atoms with Gasteiger partial charge in [-0.1, -0.05) is 35.9 Å². The molecule has 1 aliphatic rings. The van der Waals surface area contributed by atoms with Gasteiger partial charge in [-0.25, -0.2) is 0 Å². The number of rotatable bonds is 3. The highest BCUT2D eigenvalue weighted by molar-refractivity contribution is 6.30. The van der Waals surface area contributed by atoms with Crippen molar-refractivity contribution in [2.75, 3.05) is 11.4 Å². The Morgan fingerprint density at radius 1 is 1.24 bits per heavy atom. The zero-order chi connectivity index (χ0) is 14.8. The van der Waals surface area contributed by atoms with Gasteiger partial charge >= 0.3 is 0 Å².